The van der Waals surface area contributed by atoms with Crippen LogP contribution < -0.4 is 0 Å². The molecule has 0 saturated carbocycles. The molecular weight excluding hydrogens is 354 g/mol. The zero-order chi connectivity index (χ0) is 19.5. The first-order chi connectivity index (χ1) is 13.6. The lowest BCUT2D eigenvalue weighted by Crippen LogP contribution is -2.45. The Morgan fingerprint density at radius 3 is 2.32 bits per heavy atom. The van der Waals surface area contributed by atoms with E-state index in [4.69, 9.17) is 4.52 Å². The summed E-state index contributed by atoms with van der Waals surface area (Å²) < 4.78 is 5.34. The summed E-state index contributed by atoms with van der Waals surface area (Å²) in [5.74, 6) is 0.800. The highest BCUT2D eigenvalue weighted by Gasteiger charge is 2.33. The van der Waals surface area contributed by atoms with Crippen LogP contribution >= 0.6 is 0 Å². The Kier molecular flexibility index (Phi) is 5.46. The number of carbonyl (C=O) groups excluding carboxylic acids is 2. The lowest BCUT2D eigenvalue weighted by Gasteiger charge is -2.35. The first-order valence-electron chi connectivity index (χ1n) is 10.2. The number of benzene rings is 1. The monoisotopic (exact) mass is 381 g/mol. The van der Waals surface area contributed by atoms with Crippen LogP contribution in [0.1, 0.15) is 48.2 Å². The molecule has 0 atom stereocenters. The minimum absolute atomic E-state index is 0.0410. The predicted molar refractivity (Wildman–Crippen MR) is 106 cm³/mol. The molecule has 2 saturated heterocycles. The van der Waals surface area contributed by atoms with Gasteiger partial charge in [0.05, 0.1) is 0 Å². The van der Waals surface area contributed by atoms with E-state index >= 15 is 0 Å². The minimum Gasteiger partial charge on any atom is -0.360 e. The molecule has 2 fully saturated rings. The van der Waals surface area contributed by atoms with E-state index in [1.165, 1.54) is 6.42 Å². The summed E-state index contributed by atoms with van der Waals surface area (Å²) in [7, 11) is 0. The Balaban J connectivity index is 1.44. The number of piperidine rings is 2. The molecule has 0 unspecified atom stereocenters. The molecule has 4 rings (SSSR count). The average molecular weight is 381 g/mol. The van der Waals surface area contributed by atoms with Crippen molar-refractivity contribution in [1.29, 1.82) is 0 Å². The number of aromatic nitrogens is 1. The normalized spacial score (nSPS) is 18.3. The Hall–Kier alpha value is -2.63. The Labute approximate surface area is 165 Å². The van der Waals surface area contributed by atoms with Crippen molar-refractivity contribution >= 4 is 11.8 Å². The molecule has 6 heteroatoms. The maximum absolute atomic E-state index is 13.2. The van der Waals surface area contributed by atoms with Crippen molar-refractivity contribution in [1.82, 2.24) is 15.0 Å². The quantitative estimate of drug-likeness (QED) is 0.816. The van der Waals surface area contributed by atoms with Crippen LogP contribution in [0.4, 0.5) is 0 Å². The highest BCUT2D eigenvalue weighted by molar-refractivity contribution is 6.00. The van der Waals surface area contributed by atoms with Crippen LogP contribution in [0.15, 0.2) is 34.9 Å². The second-order valence-electron chi connectivity index (χ2n) is 7.78. The van der Waals surface area contributed by atoms with Crippen LogP contribution in [0, 0.1) is 12.8 Å². The summed E-state index contributed by atoms with van der Waals surface area (Å²) in [6.45, 7) is 4.75. The molecule has 0 radical (unpaired) electrons. The van der Waals surface area contributed by atoms with Crippen molar-refractivity contribution < 1.29 is 14.1 Å². The highest BCUT2D eigenvalue weighted by atomic mass is 16.5. The van der Waals surface area contributed by atoms with E-state index in [-0.39, 0.29) is 17.7 Å². The Bertz CT molecular complexity index is 832. The molecule has 3 heterocycles. The van der Waals surface area contributed by atoms with Gasteiger partial charge in [-0.05, 0) is 39.0 Å². The number of rotatable bonds is 3. The van der Waals surface area contributed by atoms with Gasteiger partial charge in [-0.15, -0.1) is 0 Å². The minimum atomic E-state index is -0.0542. The molecule has 0 aliphatic carbocycles. The maximum Gasteiger partial charge on any atom is 0.259 e. The highest BCUT2D eigenvalue weighted by Crippen LogP contribution is 2.29. The van der Waals surface area contributed by atoms with Crippen LogP contribution in [-0.4, -0.2) is 52.9 Å². The number of aryl methyl sites for hydroxylation is 1. The number of amides is 2. The Morgan fingerprint density at radius 1 is 0.964 bits per heavy atom. The van der Waals surface area contributed by atoms with Crippen LogP contribution in [-0.2, 0) is 4.79 Å². The van der Waals surface area contributed by atoms with Crippen molar-refractivity contribution in [2.45, 2.75) is 39.0 Å². The van der Waals surface area contributed by atoms with Gasteiger partial charge < -0.3 is 14.3 Å². The number of hydrogen-bond acceptors (Lipinski definition) is 4. The summed E-state index contributed by atoms with van der Waals surface area (Å²) >= 11 is 0. The maximum atomic E-state index is 13.2. The molecule has 2 aromatic rings. The van der Waals surface area contributed by atoms with E-state index < -0.39 is 0 Å². The first kappa shape index (κ1) is 18.7. The van der Waals surface area contributed by atoms with Gasteiger partial charge in [0.1, 0.15) is 17.0 Å². The van der Waals surface area contributed by atoms with Crippen LogP contribution in [0.25, 0.3) is 11.3 Å². The first-order valence-corrected chi connectivity index (χ1v) is 10.2. The molecular formula is C22H27N3O3. The predicted octanol–water partition coefficient (Wildman–Crippen LogP) is 3.51. The lowest BCUT2D eigenvalue weighted by atomic mass is 9.93. The van der Waals surface area contributed by atoms with E-state index in [9.17, 15) is 9.59 Å². The van der Waals surface area contributed by atoms with E-state index in [2.05, 4.69) is 5.16 Å². The van der Waals surface area contributed by atoms with E-state index in [1.807, 2.05) is 40.1 Å². The number of nitrogens with zero attached hydrogens (tertiary/aromatic N) is 3. The van der Waals surface area contributed by atoms with Gasteiger partial charge in [0.25, 0.3) is 5.91 Å². The summed E-state index contributed by atoms with van der Waals surface area (Å²) in [5, 5.41) is 4.12. The fraction of sp³-hybridized carbons (Fsp3) is 0.500. The van der Waals surface area contributed by atoms with Gasteiger partial charge in [-0.3, -0.25) is 9.59 Å². The smallest absolute Gasteiger partial charge is 0.259 e. The van der Waals surface area contributed by atoms with Gasteiger partial charge in [-0.2, -0.15) is 0 Å². The SMILES string of the molecule is Cc1onc(-c2ccccc2)c1C(=O)N1CCC(C(=O)N2CCCCC2)CC1. The lowest BCUT2D eigenvalue weighted by molar-refractivity contribution is -0.137. The molecule has 2 amide bonds. The fourth-order valence-electron chi connectivity index (χ4n) is 4.28. The molecule has 6 nitrogen and oxygen atoms in total. The third-order valence-electron chi connectivity index (χ3n) is 5.92. The third kappa shape index (κ3) is 3.68. The number of hydrogen-bond donors (Lipinski definition) is 0. The molecule has 2 aliphatic heterocycles. The molecule has 148 valence electrons. The van der Waals surface area contributed by atoms with Crippen LogP contribution in [0.3, 0.4) is 0 Å². The second-order valence-corrected chi connectivity index (χ2v) is 7.78. The summed E-state index contributed by atoms with van der Waals surface area (Å²) in [6, 6.07) is 9.63. The van der Waals surface area contributed by atoms with E-state index in [0.29, 0.717) is 30.1 Å². The van der Waals surface area contributed by atoms with Crippen molar-refractivity contribution in [3.63, 3.8) is 0 Å². The van der Waals surface area contributed by atoms with Gasteiger partial charge >= 0.3 is 0 Å². The van der Waals surface area contributed by atoms with Gasteiger partial charge in [-0.1, -0.05) is 35.5 Å². The van der Waals surface area contributed by atoms with Crippen LogP contribution in [0.2, 0.25) is 0 Å². The molecule has 28 heavy (non-hydrogen) atoms. The van der Waals surface area contributed by atoms with Gasteiger partial charge in [0.15, 0.2) is 0 Å². The summed E-state index contributed by atoms with van der Waals surface area (Å²) in [5.41, 5.74) is 2.00. The molecule has 0 bridgehead atoms. The van der Waals surface area contributed by atoms with Crippen molar-refractivity contribution in [3.8, 4) is 11.3 Å². The standard InChI is InChI=1S/C22H27N3O3/c1-16-19(20(23-28-16)17-8-4-2-5-9-17)22(27)25-14-10-18(11-15-25)21(26)24-12-6-3-7-13-24/h2,4-5,8-9,18H,3,6-7,10-15H2,1H3. The zero-order valence-electron chi connectivity index (χ0n) is 16.4. The molecule has 0 N–H and O–H groups in total. The fourth-order valence-corrected chi connectivity index (χ4v) is 4.28. The van der Waals surface area contributed by atoms with Gasteiger partial charge in [0, 0.05) is 37.7 Å². The zero-order valence-corrected chi connectivity index (χ0v) is 16.4. The molecule has 1 aromatic carbocycles. The van der Waals surface area contributed by atoms with Crippen LogP contribution in [0.5, 0.6) is 0 Å². The second kappa shape index (κ2) is 8.17. The topological polar surface area (TPSA) is 66.7 Å². The summed E-state index contributed by atoms with van der Waals surface area (Å²) in [6.07, 6.45) is 4.90. The van der Waals surface area contributed by atoms with E-state index in [1.54, 1.807) is 6.92 Å². The van der Waals surface area contributed by atoms with E-state index in [0.717, 1.165) is 44.3 Å². The molecule has 0 spiro atoms. The van der Waals surface area contributed by atoms with Gasteiger partial charge in [-0.25, -0.2) is 0 Å². The van der Waals surface area contributed by atoms with Crippen molar-refractivity contribution in [2.75, 3.05) is 26.2 Å². The summed E-state index contributed by atoms with van der Waals surface area (Å²) in [4.78, 5) is 29.8. The third-order valence-corrected chi connectivity index (χ3v) is 5.92. The largest absolute Gasteiger partial charge is 0.360 e. The van der Waals surface area contributed by atoms with Crippen molar-refractivity contribution in [2.24, 2.45) is 5.92 Å². The number of likely N-dealkylation sites (tertiary alicyclic amines) is 2. The molecule has 1 aromatic heterocycles. The average Bonchev–Trinajstić information content (AvgIpc) is 3.15. The Morgan fingerprint density at radius 2 is 1.64 bits per heavy atom. The molecule has 2 aliphatic rings. The van der Waals surface area contributed by atoms with Crippen molar-refractivity contribution in [3.05, 3.63) is 41.7 Å². The number of carbonyl (C=O) groups is 2. The van der Waals surface area contributed by atoms with Gasteiger partial charge in [0.2, 0.25) is 5.91 Å².